The van der Waals surface area contributed by atoms with E-state index in [1.54, 1.807) is 36.4 Å². The maximum atomic E-state index is 12.4. The number of aromatic carboxylic acids is 2. The number of fused-ring (bicyclic) bond motifs is 1. The molecule has 4 aromatic rings. The Kier molecular flexibility index (Phi) is 6.41. The van der Waals surface area contributed by atoms with Crippen LogP contribution in [-0.4, -0.2) is 41.8 Å². The maximum absolute atomic E-state index is 12.4. The molecule has 0 spiro atoms. The molecule has 0 amide bonds. The lowest BCUT2D eigenvalue weighted by molar-refractivity contribution is 0.0687. The van der Waals surface area contributed by atoms with Gasteiger partial charge in [-0.1, -0.05) is 49.4 Å². The quantitative estimate of drug-likeness (QED) is 0.380. The minimum absolute atomic E-state index is 0.0333. The average Bonchev–Trinajstić information content (AvgIpc) is 2.82. The summed E-state index contributed by atoms with van der Waals surface area (Å²) in [4.78, 5) is 28.6. The minimum Gasteiger partial charge on any atom is -0.478 e. The zero-order valence-electron chi connectivity index (χ0n) is 19.1. The van der Waals surface area contributed by atoms with Gasteiger partial charge >= 0.3 is 11.9 Å². The average molecular weight is 490 g/mol. The van der Waals surface area contributed by atoms with Crippen LogP contribution < -0.4 is 0 Å². The molecule has 0 radical (unpaired) electrons. The highest BCUT2D eigenvalue weighted by Crippen LogP contribution is 2.30. The Balaban J connectivity index is 1.82. The Labute approximate surface area is 202 Å². The molecular weight excluding hydrogens is 466 g/mol. The molecule has 1 heterocycles. The highest BCUT2D eigenvalue weighted by atomic mass is 32.2. The molecule has 4 rings (SSSR count). The van der Waals surface area contributed by atoms with Crippen LogP contribution in [0.2, 0.25) is 0 Å². The Hall–Kier alpha value is -4.04. The van der Waals surface area contributed by atoms with Crippen molar-refractivity contribution in [3.8, 4) is 11.1 Å². The third kappa shape index (κ3) is 4.79. The first-order valence-corrected chi connectivity index (χ1v) is 12.8. The van der Waals surface area contributed by atoms with Gasteiger partial charge in [0.15, 0.2) is 9.84 Å². The molecule has 178 valence electrons. The normalized spacial score (nSPS) is 11.5. The lowest BCUT2D eigenvalue weighted by Gasteiger charge is -2.15. The van der Waals surface area contributed by atoms with Crippen LogP contribution in [0.4, 0.5) is 0 Å². The van der Waals surface area contributed by atoms with Gasteiger partial charge in [0.05, 0.1) is 21.5 Å². The van der Waals surface area contributed by atoms with Crippen molar-refractivity contribution < 1.29 is 28.2 Å². The molecule has 0 atom stereocenters. The molecule has 0 saturated carbocycles. The zero-order chi connectivity index (χ0) is 25.3. The number of carbonyl (C=O) groups is 2. The van der Waals surface area contributed by atoms with Gasteiger partial charge in [-0.2, -0.15) is 0 Å². The van der Waals surface area contributed by atoms with Gasteiger partial charge in [0.1, 0.15) is 0 Å². The van der Waals surface area contributed by atoms with E-state index in [4.69, 9.17) is 0 Å². The van der Waals surface area contributed by atoms with Crippen LogP contribution in [0.3, 0.4) is 0 Å². The molecule has 0 unspecified atom stereocenters. The number of hydrogen-bond donors (Lipinski definition) is 2. The van der Waals surface area contributed by atoms with E-state index in [-0.39, 0.29) is 27.8 Å². The summed E-state index contributed by atoms with van der Waals surface area (Å²) in [5.41, 5.74) is 3.96. The van der Waals surface area contributed by atoms with Crippen LogP contribution in [0, 0.1) is 0 Å². The Morgan fingerprint density at radius 2 is 1.60 bits per heavy atom. The molecule has 3 aromatic carbocycles. The predicted molar refractivity (Wildman–Crippen MR) is 133 cm³/mol. The van der Waals surface area contributed by atoms with Crippen LogP contribution in [0.25, 0.3) is 22.0 Å². The number of carboxylic acid groups (broad SMARTS) is 2. The van der Waals surface area contributed by atoms with Crippen LogP contribution in [0.15, 0.2) is 71.6 Å². The van der Waals surface area contributed by atoms with E-state index >= 15 is 0 Å². The zero-order valence-corrected chi connectivity index (χ0v) is 20.0. The van der Waals surface area contributed by atoms with Crippen LogP contribution in [0.5, 0.6) is 0 Å². The van der Waals surface area contributed by atoms with Gasteiger partial charge in [-0.05, 0) is 52.9 Å². The standard InChI is InChI=1S/C27H23NO6S/c1-3-23-21(25(27(31)32)22-15-18(35(2,33)34)12-13-24(22)28-23)14-16-8-10-17(11-9-16)19-6-4-5-7-20(19)26(29)30/h4-13,15H,3,14H2,1-2H3,(H,29,30)(H,31,32). The van der Waals surface area contributed by atoms with E-state index < -0.39 is 21.8 Å². The van der Waals surface area contributed by atoms with Gasteiger partial charge in [-0.25, -0.2) is 18.0 Å². The van der Waals surface area contributed by atoms with Crippen LogP contribution in [-0.2, 0) is 22.7 Å². The summed E-state index contributed by atoms with van der Waals surface area (Å²) in [6.07, 6.45) is 1.86. The Morgan fingerprint density at radius 3 is 2.20 bits per heavy atom. The third-order valence-electron chi connectivity index (χ3n) is 5.92. The monoisotopic (exact) mass is 489 g/mol. The largest absolute Gasteiger partial charge is 0.478 e. The van der Waals surface area contributed by atoms with Crippen molar-refractivity contribution in [2.45, 2.75) is 24.7 Å². The highest BCUT2D eigenvalue weighted by molar-refractivity contribution is 7.90. The summed E-state index contributed by atoms with van der Waals surface area (Å²) in [5, 5.41) is 19.8. The van der Waals surface area contributed by atoms with Crippen LogP contribution >= 0.6 is 0 Å². The number of nitrogens with zero attached hydrogens (tertiary/aromatic N) is 1. The number of pyridine rings is 1. The van der Waals surface area contributed by atoms with Gasteiger partial charge in [-0.3, -0.25) is 4.98 Å². The number of rotatable bonds is 7. The first kappa shape index (κ1) is 24.1. The van der Waals surface area contributed by atoms with Crippen molar-refractivity contribution in [3.05, 3.63) is 94.7 Å². The highest BCUT2D eigenvalue weighted by Gasteiger charge is 2.21. The molecule has 8 heteroatoms. The molecule has 0 aliphatic rings. The number of carboxylic acids is 2. The van der Waals surface area contributed by atoms with E-state index in [1.165, 1.54) is 18.2 Å². The summed E-state index contributed by atoms with van der Waals surface area (Å²) < 4.78 is 24.1. The lowest BCUT2D eigenvalue weighted by Crippen LogP contribution is -2.11. The summed E-state index contributed by atoms with van der Waals surface area (Å²) >= 11 is 0. The molecule has 7 nitrogen and oxygen atoms in total. The second-order valence-electron chi connectivity index (χ2n) is 8.25. The van der Waals surface area contributed by atoms with Crippen molar-refractivity contribution in [2.24, 2.45) is 0 Å². The van der Waals surface area contributed by atoms with E-state index in [0.29, 0.717) is 28.8 Å². The van der Waals surface area contributed by atoms with E-state index in [2.05, 4.69) is 4.98 Å². The first-order valence-electron chi connectivity index (χ1n) is 10.9. The molecule has 0 aliphatic heterocycles. The van der Waals surface area contributed by atoms with Gasteiger partial charge in [0.2, 0.25) is 0 Å². The SMILES string of the molecule is CCc1nc2ccc(S(C)(=O)=O)cc2c(C(=O)O)c1Cc1ccc(-c2ccccc2C(=O)O)cc1. The van der Waals surface area contributed by atoms with Gasteiger partial charge < -0.3 is 10.2 Å². The summed E-state index contributed by atoms with van der Waals surface area (Å²) in [6, 6.07) is 18.3. The molecule has 0 saturated heterocycles. The fourth-order valence-electron chi connectivity index (χ4n) is 4.22. The number of sulfone groups is 1. The third-order valence-corrected chi connectivity index (χ3v) is 7.03. The molecule has 0 bridgehead atoms. The number of aromatic nitrogens is 1. The van der Waals surface area contributed by atoms with Crippen molar-refractivity contribution in [1.29, 1.82) is 0 Å². The van der Waals surface area contributed by atoms with Crippen molar-refractivity contribution in [3.63, 3.8) is 0 Å². The topological polar surface area (TPSA) is 122 Å². The second kappa shape index (κ2) is 9.31. The molecule has 0 fully saturated rings. The van der Waals surface area contributed by atoms with Gasteiger partial charge in [0, 0.05) is 23.8 Å². The van der Waals surface area contributed by atoms with E-state index in [9.17, 15) is 28.2 Å². The summed E-state index contributed by atoms with van der Waals surface area (Å²) in [7, 11) is -3.53. The van der Waals surface area contributed by atoms with Crippen molar-refractivity contribution in [1.82, 2.24) is 4.98 Å². The van der Waals surface area contributed by atoms with Gasteiger partial charge in [-0.15, -0.1) is 0 Å². The molecule has 35 heavy (non-hydrogen) atoms. The molecule has 2 N–H and O–H groups in total. The van der Waals surface area contributed by atoms with Crippen molar-refractivity contribution in [2.75, 3.05) is 6.26 Å². The summed E-state index contributed by atoms with van der Waals surface area (Å²) in [6.45, 7) is 1.89. The molecular formula is C27H23NO6S. The maximum Gasteiger partial charge on any atom is 0.336 e. The van der Waals surface area contributed by atoms with E-state index in [1.807, 2.05) is 19.1 Å². The van der Waals surface area contributed by atoms with Crippen LogP contribution in [0.1, 0.15) is 44.5 Å². The fraction of sp³-hybridized carbons (Fsp3) is 0.148. The molecule has 0 aliphatic carbocycles. The number of hydrogen-bond acceptors (Lipinski definition) is 5. The fourth-order valence-corrected chi connectivity index (χ4v) is 4.87. The van der Waals surface area contributed by atoms with E-state index in [0.717, 1.165) is 17.4 Å². The Bertz CT molecular complexity index is 1570. The smallest absolute Gasteiger partial charge is 0.336 e. The second-order valence-corrected chi connectivity index (χ2v) is 10.3. The minimum atomic E-state index is -3.53. The first-order chi connectivity index (χ1) is 16.6. The predicted octanol–water partition coefficient (Wildman–Crippen LogP) is 4.85. The molecule has 1 aromatic heterocycles. The van der Waals surface area contributed by atoms with Gasteiger partial charge in [0.25, 0.3) is 0 Å². The van der Waals surface area contributed by atoms with Crippen molar-refractivity contribution >= 4 is 32.7 Å². The lowest BCUT2D eigenvalue weighted by atomic mass is 9.92. The Morgan fingerprint density at radius 1 is 0.914 bits per heavy atom. The summed E-state index contributed by atoms with van der Waals surface area (Å²) in [5.74, 6) is -2.17. The number of benzene rings is 3. The number of aryl methyl sites for hydroxylation is 1.